The number of aromatic nitrogens is 2. The zero-order valence-electron chi connectivity index (χ0n) is 15.7. The highest BCUT2D eigenvalue weighted by molar-refractivity contribution is 7.89. The van der Waals surface area contributed by atoms with Crippen LogP contribution >= 0.6 is 11.6 Å². The molecule has 0 aromatic carbocycles. The lowest BCUT2D eigenvalue weighted by Gasteiger charge is -2.20. The Morgan fingerprint density at radius 2 is 1.93 bits per heavy atom. The van der Waals surface area contributed by atoms with Crippen molar-refractivity contribution in [1.82, 2.24) is 14.3 Å². The molecule has 7 nitrogen and oxygen atoms in total. The van der Waals surface area contributed by atoms with Gasteiger partial charge in [-0.25, -0.2) is 35.1 Å². The second-order valence-corrected chi connectivity index (χ2v) is 8.44. The number of halogens is 6. The first-order chi connectivity index (χ1) is 13.7. The van der Waals surface area contributed by atoms with Crippen molar-refractivity contribution in [3.8, 4) is 0 Å². The van der Waals surface area contributed by atoms with E-state index < -0.39 is 67.1 Å². The minimum absolute atomic E-state index is 0.470. The number of hydrogen-bond donors (Lipinski definition) is 2. The van der Waals surface area contributed by atoms with E-state index in [0.29, 0.717) is 6.92 Å². The van der Waals surface area contributed by atoms with Gasteiger partial charge in [-0.05, 0) is 13.0 Å². The molecule has 2 heterocycles. The van der Waals surface area contributed by atoms with Gasteiger partial charge in [0.05, 0.1) is 16.8 Å². The number of amides is 1. The Kier molecular flexibility index (Phi) is 6.79. The van der Waals surface area contributed by atoms with Gasteiger partial charge in [-0.3, -0.25) is 9.78 Å². The molecule has 2 N–H and O–H groups in total. The lowest BCUT2D eigenvalue weighted by Crippen LogP contribution is -2.43. The van der Waals surface area contributed by atoms with Gasteiger partial charge in [0.25, 0.3) is 18.3 Å². The third-order valence-corrected chi connectivity index (χ3v) is 6.10. The number of anilines is 1. The highest BCUT2D eigenvalue weighted by atomic mass is 35.5. The second-order valence-electron chi connectivity index (χ2n) is 6.38. The van der Waals surface area contributed by atoms with Gasteiger partial charge >= 0.3 is 0 Å². The molecule has 0 aliphatic heterocycles. The fourth-order valence-corrected chi connectivity index (χ4v) is 4.31. The van der Waals surface area contributed by atoms with E-state index >= 15 is 0 Å². The highest BCUT2D eigenvalue weighted by Crippen LogP contribution is 2.30. The summed E-state index contributed by atoms with van der Waals surface area (Å²) in [5, 5.41) is 1.38. The number of alkyl halides is 4. The van der Waals surface area contributed by atoms with E-state index in [4.69, 9.17) is 11.6 Å². The van der Waals surface area contributed by atoms with Crippen LogP contribution in [0.1, 0.15) is 36.5 Å². The molecular weight excluding hydrogens is 459 g/mol. The number of pyridine rings is 1. The largest absolute Gasteiger partial charge is 0.344 e. The average Bonchev–Trinajstić information content (AvgIpc) is 2.90. The molecule has 2 aromatic rings. The average molecular weight is 475 g/mol. The predicted molar refractivity (Wildman–Crippen MR) is 97.9 cm³/mol. The number of carbonyl (C=O) groups excluding carboxylic acids is 1. The molecule has 0 spiro atoms. The van der Waals surface area contributed by atoms with Crippen LogP contribution in [0.25, 0.3) is 0 Å². The molecular formula is C16H16ClF5N4O3S. The van der Waals surface area contributed by atoms with Crippen LogP contribution < -0.4 is 10.0 Å². The molecule has 0 aliphatic rings. The van der Waals surface area contributed by atoms with Crippen molar-refractivity contribution in [3.63, 3.8) is 0 Å². The number of sulfonamides is 1. The number of nitrogens with one attached hydrogen (secondary N) is 2. The molecule has 0 radical (unpaired) electrons. The molecule has 30 heavy (non-hydrogen) atoms. The summed E-state index contributed by atoms with van der Waals surface area (Å²) in [4.78, 5) is 15.0. The summed E-state index contributed by atoms with van der Waals surface area (Å²) >= 11 is 5.98. The highest BCUT2D eigenvalue weighted by Gasteiger charge is 2.36. The molecule has 0 saturated carbocycles. The SMILES string of the molecule is CC(NS(=O)(=O)c1cn(C)c(C(=O)Nc2ccnc(C(F)F)c2F)c1Cl)C(C)(F)F. The van der Waals surface area contributed by atoms with Gasteiger partial charge in [-0.2, -0.15) is 0 Å². The van der Waals surface area contributed by atoms with Crippen LogP contribution in [0.5, 0.6) is 0 Å². The Morgan fingerprint density at radius 1 is 1.33 bits per heavy atom. The minimum Gasteiger partial charge on any atom is -0.344 e. The molecule has 0 aliphatic carbocycles. The van der Waals surface area contributed by atoms with Crippen LogP contribution in [-0.2, 0) is 17.1 Å². The summed E-state index contributed by atoms with van der Waals surface area (Å²) in [6.07, 6.45) is -1.49. The lowest BCUT2D eigenvalue weighted by atomic mass is 10.2. The van der Waals surface area contributed by atoms with Gasteiger partial charge in [-0.1, -0.05) is 11.6 Å². The van der Waals surface area contributed by atoms with Crippen LogP contribution in [-0.4, -0.2) is 35.8 Å². The van der Waals surface area contributed by atoms with Gasteiger partial charge in [0.15, 0.2) is 5.82 Å². The van der Waals surface area contributed by atoms with E-state index in [1.165, 1.54) is 7.05 Å². The summed E-state index contributed by atoms with van der Waals surface area (Å²) in [6, 6.07) is -0.866. The normalized spacial score (nSPS) is 13.5. The minimum atomic E-state index is -4.55. The Bertz CT molecular complexity index is 1070. The van der Waals surface area contributed by atoms with Crippen molar-refractivity contribution in [2.75, 3.05) is 5.32 Å². The maximum Gasteiger partial charge on any atom is 0.283 e. The fourth-order valence-electron chi connectivity index (χ4n) is 2.31. The quantitative estimate of drug-likeness (QED) is 0.598. The van der Waals surface area contributed by atoms with Crippen molar-refractivity contribution in [2.45, 2.75) is 37.1 Å². The van der Waals surface area contributed by atoms with Gasteiger partial charge in [-0.15, -0.1) is 0 Å². The van der Waals surface area contributed by atoms with Crippen LogP contribution in [0, 0.1) is 5.82 Å². The number of hydrogen-bond acceptors (Lipinski definition) is 4. The van der Waals surface area contributed by atoms with Gasteiger partial charge < -0.3 is 9.88 Å². The Hall–Kier alpha value is -2.25. The third kappa shape index (κ3) is 4.90. The molecule has 166 valence electrons. The zero-order valence-corrected chi connectivity index (χ0v) is 17.3. The fraction of sp³-hybridized carbons (Fsp3) is 0.375. The molecule has 14 heteroatoms. The Balaban J connectivity index is 2.38. The van der Waals surface area contributed by atoms with E-state index in [0.717, 1.165) is 30.0 Å². The summed E-state index contributed by atoms with van der Waals surface area (Å²) in [5.74, 6) is -5.97. The van der Waals surface area contributed by atoms with E-state index in [1.54, 1.807) is 4.72 Å². The molecule has 1 unspecified atom stereocenters. The molecule has 2 rings (SSSR count). The van der Waals surface area contributed by atoms with Crippen molar-refractivity contribution < 1.29 is 35.2 Å². The zero-order chi connectivity index (χ0) is 23.0. The number of aryl methyl sites for hydroxylation is 1. The summed E-state index contributed by atoms with van der Waals surface area (Å²) < 4.78 is 93.8. The van der Waals surface area contributed by atoms with Gasteiger partial charge in [0.2, 0.25) is 10.0 Å². The maximum atomic E-state index is 14.1. The van der Waals surface area contributed by atoms with Crippen molar-refractivity contribution in [2.24, 2.45) is 7.05 Å². The monoisotopic (exact) mass is 474 g/mol. The smallest absolute Gasteiger partial charge is 0.283 e. The van der Waals surface area contributed by atoms with Crippen molar-refractivity contribution >= 4 is 33.2 Å². The molecule has 0 saturated heterocycles. The predicted octanol–water partition coefficient (Wildman–Crippen LogP) is 3.72. The van der Waals surface area contributed by atoms with Gasteiger partial charge in [0, 0.05) is 26.4 Å². The van der Waals surface area contributed by atoms with Crippen LogP contribution in [0.3, 0.4) is 0 Å². The Labute approximate surface area is 173 Å². The number of rotatable bonds is 7. The first kappa shape index (κ1) is 24.0. The van der Waals surface area contributed by atoms with Crippen LogP contribution in [0.2, 0.25) is 5.02 Å². The molecule has 0 bridgehead atoms. The standard InChI is InChI=1S/C16H16ClF5N4O3S/c1-7(16(2,21)22)25-30(28,29)9-6-26(3)13(10(9)17)15(27)24-8-4-5-23-12(11(8)18)14(19)20/h4-7,14,25H,1-3H3,(H,23,24,27). The van der Waals surface area contributed by atoms with E-state index in [-0.39, 0.29) is 0 Å². The summed E-state index contributed by atoms with van der Waals surface area (Å²) in [7, 11) is -3.33. The summed E-state index contributed by atoms with van der Waals surface area (Å²) in [5.41, 5.74) is -2.29. The number of nitrogens with zero attached hydrogens (tertiary/aromatic N) is 2. The van der Waals surface area contributed by atoms with Crippen LogP contribution in [0.4, 0.5) is 27.6 Å². The first-order valence-corrected chi connectivity index (χ1v) is 10.0. The number of carbonyl (C=O) groups is 1. The van der Waals surface area contributed by atoms with E-state index in [9.17, 15) is 35.2 Å². The lowest BCUT2D eigenvalue weighted by molar-refractivity contribution is -0.00488. The van der Waals surface area contributed by atoms with Gasteiger partial charge in [0.1, 0.15) is 16.3 Å². The van der Waals surface area contributed by atoms with E-state index in [1.807, 2.05) is 5.32 Å². The molecule has 1 amide bonds. The summed E-state index contributed by atoms with van der Waals surface area (Å²) in [6.45, 7) is 1.46. The second kappa shape index (κ2) is 8.47. The first-order valence-electron chi connectivity index (χ1n) is 8.15. The van der Waals surface area contributed by atoms with Crippen molar-refractivity contribution in [3.05, 3.63) is 40.7 Å². The van der Waals surface area contributed by atoms with E-state index in [2.05, 4.69) is 4.98 Å². The molecule has 1 atom stereocenters. The molecule has 0 fully saturated rings. The van der Waals surface area contributed by atoms with Crippen LogP contribution in [0.15, 0.2) is 23.4 Å². The Morgan fingerprint density at radius 3 is 2.47 bits per heavy atom. The van der Waals surface area contributed by atoms with Crippen molar-refractivity contribution in [1.29, 1.82) is 0 Å². The molecule has 2 aromatic heterocycles. The third-order valence-electron chi connectivity index (χ3n) is 4.06. The topological polar surface area (TPSA) is 93.1 Å². The maximum absolute atomic E-state index is 14.1.